The lowest BCUT2D eigenvalue weighted by molar-refractivity contribution is -0.139. The Kier molecular flexibility index (Phi) is 9.58. The molecule has 186 valence electrons. The molecule has 0 aliphatic rings. The first-order valence-electron chi connectivity index (χ1n) is 11.1. The summed E-state index contributed by atoms with van der Waals surface area (Å²) in [4.78, 5) is 52.1. The number of para-hydroxylation sites is 1. The van der Waals surface area contributed by atoms with Gasteiger partial charge in [-0.05, 0) is 24.5 Å². The molecule has 0 fully saturated rings. The van der Waals surface area contributed by atoms with Crippen molar-refractivity contribution >= 4 is 34.6 Å². The number of aliphatic hydroxyl groups excluding tert-OH is 1. The number of aromatic nitrogens is 1. The van der Waals surface area contributed by atoms with Crippen molar-refractivity contribution in [2.24, 2.45) is 11.7 Å². The largest absolute Gasteiger partial charge is 0.480 e. The van der Waals surface area contributed by atoms with Crippen LogP contribution in [0.15, 0.2) is 30.5 Å². The van der Waals surface area contributed by atoms with E-state index in [9.17, 15) is 24.3 Å². The van der Waals surface area contributed by atoms with Crippen LogP contribution in [-0.4, -0.2) is 69.7 Å². The Hall–Kier alpha value is -3.44. The van der Waals surface area contributed by atoms with Gasteiger partial charge in [0.25, 0.3) is 0 Å². The number of nitrogens with two attached hydrogens (primary N) is 1. The second kappa shape index (κ2) is 12.1. The van der Waals surface area contributed by atoms with E-state index in [0.717, 1.165) is 16.5 Å². The summed E-state index contributed by atoms with van der Waals surface area (Å²) < 4.78 is 0. The summed E-state index contributed by atoms with van der Waals surface area (Å²) in [6.45, 7) is 4.35. The Labute approximate surface area is 197 Å². The zero-order chi connectivity index (χ0) is 25.4. The molecule has 1 aromatic carbocycles. The Balaban J connectivity index is 2.27. The molecule has 0 aliphatic carbocycles. The number of rotatable bonds is 12. The maximum Gasteiger partial charge on any atom is 0.322 e. The van der Waals surface area contributed by atoms with Gasteiger partial charge in [0.2, 0.25) is 17.7 Å². The van der Waals surface area contributed by atoms with E-state index < -0.39 is 54.5 Å². The summed E-state index contributed by atoms with van der Waals surface area (Å²) in [5.41, 5.74) is 7.66. The number of carbonyl (C=O) groups excluding carboxylic acids is 3. The van der Waals surface area contributed by atoms with E-state index >= 15 is 0 Å². The van der Waals surface area contributed by atoms with E-state index in [-0.39, 0.29) is 12.3 Å². The number of benzene rings is 1. The molecule has 0 aliphatic heterocycles. The molecule has 2 aromatic rings. The summed E-state index contributed by atoms with van der Waals surface area (Å²) in [6.07, 6.45) is 1.18. The van der Waals surface area contributed by atoms with Crippen molar-refractivity contribution in [2.45, 2.75) is 57.8 Å². The lowest BCUT2D eigenvalue weighted by Crippen LogP contribution is -2.59. The number of aliphatic hydroxyl groups is 1. The minimum atomic E-state index is -1.42. The Morgan fingerprint density at radius 3 is 2.35 bits per heavy atom. The minimum Gasteiger partial charge on any atom is -0.480 e. The molecule has 3 amide bonds. The molecule has 0 spiro atoms. The molecular weight excluding hydrogens is 442 g/mol. The van der Waals surface area contributed by atoms with Crippen LogP contribution >= 0.6 is 0 Å². The zero-order valence-corrected chi connectivity index (χ0v) is 19.5. The van der Waals surface area contributed by atoms with Crippen molar-refractivity contribution < 1.29 is 29.4 Å². The average molecular weight is 476 g/mol. The van der Waals surface area contributed by atoms with Crippen molar-refractivity contribution in [3.63, 3.8) is 0 Å². The average Bonchev–Trinajstić information content (AvgIpc) is 3.21. The van der Waals surface area contributed by atoms with Crippen LogP contribution in [0.1, 0.15) is 32.8 Å². The molecule has 1 heterocycles. The highest BCUT2D eigenvalue weighted by Gasteiger charge is 2.32. The highest BCUT2D eigenvalue weighted by atomic mass is 16.4. The second-order valence-electron chi connectivity index (χ2n) is 8.37. The number of aromatic amines is 1. The summed E-state index contributed by atoms with van der Waals surface area (Å²) >= 11 is 0. The molecule has 1 aromatic heterocycles. The number of fused-ring (bicyclic) bond motifs is 1. The number of hydrogen-bond donors (Lipinski definition) is 7. The summed E-state index contributed by atoms with van der Waals surface area (Å²) in [5, 5.41) is 26.9. The van der Waals surface area contributed by atoms with Gasteiger partial charge in [-0.1, -0.05) is 38.5 Å². The summed E-state index contributed by atoms with van der Waals surface area (Å²) in [5.74, 6) is -3.49. The number of hydrogen-bond acceptors (Lipinski definition) is 6. The molecule has 0 saturated carbocycles. The second-order valence-corrected chi connectivity index (χ2v) is 8.37. The molecular formula is C23H33N5O6. The SMILES string of the molecule is CCC(C)C(N)C(=O)NC(Cc1c[nH]c2ccccc12)C(=O)NC(C(=O)NCC(=O)O)C(C)O. The highest BCUT2D eigenvalue weighted by Crippen LogP contribution is 2.19. The summed E-state index contributed by atoms with van der Waals surface area (Å²) in [6, 6.07) is 4.11. The number of amides is 3. The first kappa shape index (κ1) is 26.8. The topological polar surface area (TPSA) is 187 Å². The van der Waals surface area contributed by atoms with Crippen molar-refractivity contribution in [1.29, 1.82) is 0 Å². The van der Waals surface area contributed by atoms with E-state index in [1.165, 1.54) is 6.92 Å². The van der Waals surface area contributed by atoms with Crippen molar-refractivity contribution in [1.82, 2.24) is 20.9 Å². The van der Waals surface area contributed by atoms with Gasteiger partial charge in [0, 0.05) is 23.5 Å². The first-order chi connectivity index (χ1) is 16.0. The Morgan fingerprint density at radius 1 is 1.06 bits per heavy atom. The predicted octanol–water partition coefficient (Wildman–Crippen LogP) is -0.365. The number of carbonyl (C=O) groups is 4. The monoisotopic (exact) mass is 475 g/mol. The van der Waals surface area contributed by atoms with Crippen LogP contribution in [0.5, 0.6) is 0 Å². The lowest BCUT2D eigenvalue weighted by Gasteiger charge is -2.26. The van der Waals surface area contributed by atoms with Gasteiger partial charge in [0.1, 0.15) is 18.6 Å². The van der Waals surface area contributed by atoms with E-state index in [1.807, 2.05) is 38.1 Å². The summed E-state index contributed by atoms with van der Waals surface area (Å²) in [7, 11) is 0. The molecule has 5 atom stereocenters. The number of carboxylic acid groups (broad SMARTS) is 1. The van der Waals surface area contributed by atoms with Gasteiger partial charge in [-0.15, -0.1) is 0 Å². The Bertz CT molecular complexity index is 1020. The quantitative estimate of drug-likeness (QED) is 0.218. The number of H-pyrrole nitrogens is 1. The van der Waals surface area contributed by atoms with Gasteiger partial charge in [-0.25, -0.2) is 0 Å². The minimum absolute atomic E-state index is 0.0953. The van der Waals surface area contributed by atoms with Crippen LogP contribution < -0.4 is 21.7 Å². The smallest absolute Gasteiger partial charge is 0.322 e. The highest BCUT2D eigenvalue weighted by molar-refractivity contribution is 5.94. The van der Waals surface area contributed by atoms with Gasteiger partial charge >= 0.3 is 5.97 Å². The molecule has 5 unspecified atom stereocenters. The third-order valence-electron chi connectivity index (χ3n) is 5.77. The third-order valence-corrected chi connectivity index (χ3v) is 5.77. The number of carboxylic acids is 1. The normalized spacial score (nSPS) is 15.6. The molecule has 11 nitrogen and oxygen atoms in total. The molecule has 0 bridgehead atoms. The van der Waals surface area contributed by atoms with Crippen LogP contribution in [0, 0.1) is 5.92 Å². The predicted molar refractivity (Wildman–Crippen MR) is 126 cm³/mol. The van der Waals surface area contributed by atoms with Crippen molar-refractivity contribution in [3.05, 3.63) is 36.0 Å². The van der Waals surface area contributed by atoms with Crippen LogP contribution in [0.2, 0.25) is 0 Å². The fourth-order valence-electron chi connectivity index (χ4n) is 3.44. The van der Waals surface area contributed by atoms with Gasteiger partial charge in [-0.2, -0.15) is 0 Å². The van der Waals surface area contributed by atoms with E-state index in [2.05, 4.69) is 20.9 Å². The number of nitrogens with one attached hydrogen (secondary N) is 4. The first-order valence-corrected chi connectivity index (χ1v) is 11.1. The maximum atomic E-state index is 13.2. The number of aliphatic carboxylic acids is 1. The van der Waals surface area contributed by atoms with Crippen molar-refractivity contribution in [3.8, 4) is 0 Å². The van der Waals surface area contributed by atoms with Crippen molar-refractivity contribution in [2.75, 3.05) is 6.54 Å². The van der Waals surface area contributed by atoms with Crippen LogP contribution in [0.25, 0.3) is 10.9 Å². The van der Waals surface area contributed by atoms with Crippen LogP contribution in [0.3, 0.4) is 0 Å². The molecule has 0 saturated heterocycles. The fourth-order valence-corrected chi connectivity index (χ4v) is 3.44. The Morgan fingerprint density at radius 2 is 1.74 bits per heavy atom. The fraction of sp³-hybridized carbons (Fsp3) is 0.478. The van der Waals surface area contributed by atoms with Crippen LogP contribution in [-0.2, 0) is 25.6 Å². The van der Waals surface area contributed by atoms with Crippen LogP contribution in [0.4, 0.5) is 0 Å². The molecule has 34 heavy (non-hydrogen) atoms. The zero-order valence-electron chi connectivity index (χ0n) is 19.5. The molecule has 0 radical (unpaired) electrons. The van der Waals surface area contributed by atoms with Gasteiger partial charge < -0.3 is 36.9 Å². The van der Waals surface area contributed by atoms with E-state index in [4.69, 9.17) is 10.8 Å². The maximum absolute atomic E-state index is 13.2. The standard InChI is InChI=1S/C23H33N5O6/c1-4-12(2)19(24)22(33)27-17(9-14-10-25-16-8-6-5-7-15(14)16)21(32)28-20(13(3)29)23(34)26-11-18(30)31/h5-8,10,12-13,17,19-20,25,29H,4,9,11,24H2,1-3H3,(H,26,34)(H,27,33)(H,28,32)(H,30,31). The van der Waals surface area contributed by atoms with E-state index in [0.29, 0.717) is 6.42 Å². The molecule has 8 N–H and O–H groups in total. The lowest BCUT2D eigenvalue weighted by atomic mass is 9.98. The van der Waals surface area contributed by atoms with Gasteiger partial charge in [0.15, 0.2) is 0 Å². The third kappa shape index (κ3) is 7.03. The van der Waals surface area contributed by atoms with Gasteiger partial charge in [-0.3, -0.25) is 19.2 Å². The van der Waals surface area contributed by atoms with E-state index in [1.54, 1.807) is 6.20 Å². The van der Waals surface area contributed by atoms with Gasteiger partial charge in [0.05, 0.1) is 12.1 Å². The molecule has 11 heteroatoms. The molecule has 2 rings (SSSR count).